The number of halogens is 3. The number of hydrogen-bond donors (Lipinski definition) is 3. The van der Waals surface area contributed by atoms with Crippen molar-refractivity contribution in [2.45, 2.75) is 56.3 Å². The summed E-state index contributed by atoms with van der Waals surface area (Å²) >= 11 is 5.88. The van der Waals surface area contributed by atoms with Crippen LogP contribution in [-0.2, 0) is 10.4 Å². The third-order valence-electron chi connectivity index (χ3n) is 7.87. The second kappa shape index (κ2) is 11.6. The molecule has 0 radical (unpaired) electrons. The van der Waals surface area contributed by atoms with Crippen molar-refractivity contribution in [3.63, 3.8) is 0 Å². The van der Waals surface area contributed by atoms with Crippen LogP contribution in [0.3, 0.4) is 0 Å². The van der Waals surface area contributed by atoms with Crippen molar-refractivity contribution in [2.24, 2.45) is 5.92 Å². The van der Waals surface area contributed by atoms with Gasteiger partial charge in [-0.3, -0.25) is 14.6 Å². The molecular formula is C30H30ClF2N3O4. The number of aliphatic hydroxyl groups excluding tert-OH is 1. The minimum Gasteiger partial charge on any atom is -0.388 e. The topological polar surface area (TPSA) is 103 Å². The molecule has 5 rings (SSSR count). The summed E-state index contributed by atoms with van der Waals surface area (Å²) in [6.07, 6.45) is -0.406. The van der Waals surface area contributed by atoms with E-state index in [1.807, 2.05) is 12.1 Å². The van der Waals surface area contributed by atoms with Crippen LogP contribution >= 0.6 is 11.6 Å². The van der Waals surface area contributed by atoms with Gasteiger partial charge in [-0.05, 0) is 49.3 Å². The van der Waals surface area contributed by atoms with Gasteiger partial charge in [0.25, 0.3) is 18.2 Å². The summed E-state index contributed by atoms with van der Waals surface area (Å²) in [6, 6.07) is 17.0. The summed E-state index contributed by atoms with van der Waals surface area (Å²) in [5.41, 5.74) is -0.980. The maximum atomic E-state index is 13.6. The number of benzene rings is 2. The predicted molar refractivity (Wildman–Crippen MR) is 146 cm³/mol. The average molecular weight is 570 g/mol. The van der Waals surface area contributed by atoms with Crippen LogP contribution in [0, 0.1) is 5.92 Å². The van der Waals surface area contributed by atoms with Crippen LogP contribution in [0.1, 0.15) is 71.8 Å². The van der Waals surface area contributed by atoms with Gasteiger partial charge in [0.15, 0.2) is 5.60 Å². The van der Waals surface area contributed by atoms with Gasteiger partial charge in [-0.2, -0.15) is 0 Å². The molecule has 1 fully saturated rings. The number of amides is 2. The van der Waals surface area contributed by atoms with Crippen molar-refractivity contribution in [1.82, 2.24) is 10.3 Å². The number of aliphatic hydroxyl groups is 2. The largest absolute Gasteiger partial charge is 0.388 e. The highest BCUT2D eigenvalue weighted by Gasteiger charge is 2.51. The SMILES string of the molecule is O=C(NC1CCC(CN2C(=O)C(O)(CC(O)c3ccccc3)c3ccccc32)CC1)c1cc(Cl)cnc1C(F)F. The fourth-order valence-electron chi connectivity index (χ4n) is 5.77. The minimum atomic E-state index is -2.90. The van der Waals surface area contributed by atoms with E-state index >= 15 is 0 Å². The lowest BCUT2D eigenvalue weighted by molar-refractivity contribution is -0.139. The van der Waals surface area contributed by atoms with Gasteiger partial charge in [0.2, 0.25) is 0 Å². The van der Waals surface area contributed by atoms with Crippen LogP contribution in [0.15, 0.2) is 66.9 Å². The third-order valence-corrected chi connectivity index (χ3v) is 8.08. The summed E-state index contributed by atoms with van der Waals surface area (Å²) in [7, 11) is 0. The first-order valence-electron chi connectivity index (χ1n) is 13.3. The number of pyridine rings is 1. The van der Waals surface area contributed by atoms with E-state index in [0.29, 0.717) is 49.0 Å². The zero-order chi connectivity index (χ0) is 28.4. The second-order valence-electron chi connectivity index (χ2n) is 10.5. The zero-order valence-corrected chi connectivity index (χ0v) is 22.4. The molecule has 1 aromatic heterocycles. The van der Waals surface area contributed by atoms with E-state index in [2.05, 4.69) is 10.3 Å². The highest BCUT2D eigenvalue weighted by molar-refractivity contribution is 6.30. The van der Waals surface area contributed by atoms with Crippen molar-refractivity contribution in [3.8, 4) is 0 Å². The summed E-state index contributed by atoms with van der Waals surface area (Å²) in [6.45, 7) is 0.383. The number of nitrogens with zero attached hydrogens (tertiary/aromatic N) is 2. The van der Waals surface area contributed by atoms with Gasteiger partial charge < -0.3 is 20.4 Å². The molecule has 7 nitrogen and oxygen atoms in total. The van der Waals surface area contributed by atoms with E-state index in [-0.39, 0.29) is 29.0 Å². The van der Waals surface area contributed by atoms with Gasteiger partial charge in [0.1, 0.15) is 5.69 Å². The van der Waals surface area contributed by atoms with Crippen LogP contribution in [0.25, 0.3) is 0 Å². The van der Waals surface area contributed by atoms with Crippen molar-refractivity contribution in [3.05, 3.63) is 94.3 Å². The minimum absolute atomic E-state index is 0.102. The fraction of sp³-hybridized carbons (Fsp3) is 0.367. The summed E-state index contributed by atoms with van der Waals surface area (Å²) in [5.74, 6) is -0.998. The second-order valence-corrected chi connectivity index (χ2v) is 10.9. The number of carbonyl (C=O) groups is 2. The quantitative estimate of drug-likeness (QED) is 0.341. The molecule has 1 aliphatic carbocycles. The Morgan fingerprint density at radius 3 is 2.48 bits per heavy atom. The molecule has 0 bridgehead atoms. The van der Waals surface area contributed by atoms with Crippen LogP contribution in [-0.4, -0.2) is 39.6 Å². The van der Waals surface area contributed by atoms with E-state index in [9.17, 15) is 28.6 Å². The standard InChI is InChI=1S/C30H30ClF2N3O4/c31-20-14-22(26(27(32)33)34-16-20)28(38)35-21-12-10-18(11-13-21)17-36-24-9-5-4-8-23(24)30(40,29(36)39)15-25(37)19-6-2-1-3-7-19/h1-9,14,16,18,21,25,27,37,40H,10-13,15,17H2,(H,35,38). The molecule has 0 spiro atoms. The number of nitrogens with one attached hydrogen (secondary N) is 1. The Hall–Kier alpha value is -3.40. The van der Waals surface area contributed by atoms with Crippen LogP contribution in [0.2, 0.25) is 5.02 Å². The first kappa shape index (κ1) is 28.1. The predicted octanol–water partition coefficient (Wildman–Crippen LogP) is 5.32. The van der Waals surface area contributed by atoms with Crippen molar-refractivity contribution in [1.29, 1.82) is 0 Å². The average Bonchev–Trinajstić information content (AvgIpc) is 3.16. The van der Waals surface area contributed by atoms with Gasteiger partial charge >= 0.3 is 0 Å². The number of alkyl halides is 2. The molecule has 2 heterocycles. The van der Waals surface area contributed by atoms with Gasteiger partial charge in [-0.25, -0.2) is 8.78 Å². The molecule has 0 saturated heterocycles. The smallest absolute Gasteiger partial charge is 0.281 e. The first-order valence-corrected chi connectivity index (χ1v) is 13.7. The van der Waals surface area contributed by atoms with E-state index in [1.165, 1.54) is 6.07 Å². The lowest BCUT2D eigenvalue weighted by Gasteiger charge is -2.32. The maximum Gasteiger partial charge on any atom is 0.281 e. The molecule has 210 valence electrons. The molecule has 2 aliphatic rings. The van der Waals surface area contributed by atoms with E-state index in [1.54, 1.807) is 47.4 Å². The molecule has 2 aromatic carbocycles. The number of aromatic nitrogens is 1. The number of rotatable bonds is 8. The maximum absolute atomic E-state index is 13.6. The summed E-state index contributed by atoms with van der Waals surface area (Å²) in [4.78, 5) is 31.6. The normalized spacial score (nSPS) is 23.2. The molecular weight excluding hydrogens is 540 g/mol. The third kappa shape index (κ3) is 5.59. The summed E-state index contributed by atoms with van der Waals surface area (Å²) in [5, 5.41) is 25.4. The monoisotopic (exact) mass is 569 g/mol. The lowest BCUT2D eigenvalue weighted by Crippen LogP contribution is -2.44. The number of fused-ring (bicyclic) bond motifs is 1. The molecule has 1 saturated carbocycles. The molecule has 2 unspecified atom stereocenters. The Kier molecular flexibility index (Phi) is 8.16. The number of hydrogen-bond acceptors (Lipinski definition) is 5. The fourth-order valence-corrected chi connectivity index (χ4v) is 5.93. The van der Waals surface area contributed by atoms with Gasteiger partial charge in [-0.15, -0.1) is 0 Å². The van der Waals surface area contributed by atoms with Crippen LogP contribution in [0.5, 0.6) is 0 Å². The highest BCUT2D eigenvalue weighted by Crippen LogP contribution is 2.45. The molecule has 40 heavy (non-hydrogen) atoms. The highest BCUT2D eigenvalue weighted by atomic mass is 35.5. The molecule has 2 amide bonds. The van der Waals surface area contributed by atoms with Crippen molar-refractivity contribution in [2.75, 3.05) is 11.4 Å². The van der Waals surface area contributed by atoms with Gasteiger partial charge in [0, 0.05) is 30.8 Å². The van der Waals surface area contributed by atoms with E-state index < -0.39 is 35.6 Å². The number of carbonyl (C=O) groups excluding carboxylic acids is 2. The molecule has 10 heteroatoms. The Morgan fingerprint density at radius 1 is 1.10 bits per heavy atom. The number of anilines is 1. The van der Waals surface area contributed by atoms with Gasteiger partial charge in [0.05, 0.1) is 22.4 Å². The lowest BCUT2D eigenvalue weighted by atomic mass is 9.85. The van der Waals surface area contributed by atoms with Crippen LogP contribution < -0.4 is 10.2 Å². The molecule has 3 N–H and O–H groups in total. The molecule has 3 aromatic rings. The van der Waals surface area contributed by atoms with E-state index in [4.69, 9.17) is 11.6 Å². The Morgan fingerprint density at radius 2 is 1.77 bits per heavy atom. The first-order chi connectivity index (χ1) is 19.2. The van der Waals surface area contributed by atoms with Gasteiger partial charge in [-0.1, -0.05) is 60.1 Å². The van der Waals surface area contributed by atoms with E-state index in [0.717, 1.165) is 6.20 Å². The Balaban J connectivity index is 1.23. The zero-order valence-electron chi connectivity index (χ0n) is 21.6. The Bertz CT molecular complexity index is 1380. The van der Waals surface area contributed by atoms with Crippen molar-refractivity contribution < 1.29 is 28.6 Å². The Labute approximate surface area is 235 Å². The molecule has 1 aliphatic heterocycles. The molecule has 2 atom stereocenters. The number of para-hydroxylation sites is 1. The summed E-state index contributed by atoms with van der Waals surface area (Å²) < 4.78 is 26.7. The van der Waals surface area contributed by atoms with Crippen LogP contribution in [0.4, 0.5) is 14.5 Å². The van der Waals surface area contributed by atoms with Crippen molar-refractivity contribution >= 4 is 29.1 Å².